The van der Waals surface area contributed by atoms with Crippen molar-refractivity contribution in [2.24, 2.45) is 0 Å². The van der Waals surface area contributed by atoms with Crippen molar-refractivity contribution in [2.45, 2.75) is 25.8 Å². The average Bonchev–Trinajstić information content (AvgIpc) is 3.46. The summed E-state index contributed by atoms with van der Waals surface area (Å²) in [5, 5.41) is 3.96. The van der Waals surface area contributed by atoms with E-state index in [-0.39, 0.29) is 11.9 Å². The highest BCUT2D eigenvalue weighted by molar-refractivity contribution is 5.96. The number of aromatic nitrogens is 4. The maximum Gasteiger partial charge on any atom is 0.256 e. The van der Waals surface area contributed by atoms with Gasteiger partial charge in [0, 0.05) is 24.5 Å². The van der Waals surface area contributed by atoms with Crippen LogP contribution in [-0.4, -0.2) is 37.0 Å². The first-order valence-corrected chi connectivity index (χ1v) is 9.33. The van der Waals surface area contributed by atoms with Crippen LogP contribution in [0.25, 0.3) is 16.9 Å². The van der Waals surface area contributed by atoms with Crippen molar-refractivity contribution in [3.63, 3.8) is 0 Å². The molecule has 4 heterocycles. The molecule has 1 atom stereocenters. The molecule has 0 aliphatic carbocycles. The van der Waals surface area contributed by atoms with E-state index in [0.29, 0.717) is 17.6 Å². The second-order valence-electron chi connectivity index (χ2n) is 7.04. The van der Waals surface area contributed by atoms with E-state index in [2.05, 4.69) is 15.1 Å². The number of carbonyl (C=O) groups excluding carboxylic acids is 1. The van der Waals surface area contributed by atoms with Crippen LogP contribution in [0.4, 0.5) is 0 Å². The summed E-state index contributed by atoms with van der Waals surface area (Å²) in [5.41, 5.74) is 3.77. The highest BCUT2D eigenvalue weighted by Crippen LogP contribution is 2.33. The number of imidazole rings is 1. The van der Waals surface area contributed by atoms with Crippen LogP contribution in [0.2, 0.25) is 0 Å². The molecule has 28 heavy (non-hydrogen) atoms. The average molecular weight is 373 g/mol. The van der Waals surface area contributed by atoms with E-state index in [9.17, 15) is 4.79 Å². The van der Waals surface area contributed by atoms with Gasteiger partial charge in [0.25, 0.3) is 5.91 Å². The van der Waals surface area contributed by atoms with Gasteiger partial charge in [-0.25, -0.2) is 9.97 Å². The van der Waals surface area contributed by atoms with Gasteiger partial charge in [-0.3, -0.25) is 9.36 Å². The molecule has 0 N–H and O–H groups in total. The number of hydrogen-bond donors (Lipinski definition) is 0. The molecule has 0 saturated carbocycles. The summed E-state index contributed by atoms with van der Waals surface area (Å²) in [5.74, 6) is 0.686. The smallest absolute Gasteiger partial charge is 0.256 e. The summed E-state index contributed by atoms with van der Waals surface area (Å²) < 4.78 is 7.33. The summed E-state index contributed by atoms with van der Waals surface area (Å²) in [6.45, 7) is 2.58. The van der Waals surface area contributed by atoms with Gasteiger partial charge in [-0.05, 0) is 38.0 Å². The van der Waals surface area contributed by atoms with Crippen LogP contribution < -0.4 is 0 Å². The fourth-order valence-electron chi connectivity index (χ4n) is 3.81. The summed E-state index contributed by atoms with van der Waals surface area (Å²) in [6, 6.07) is 13.5. The number of carbonyl (C=O) groups is 1. The van der Waals surface area contributed by atoms with Crippen molar-refractivity contribution in [3.8, 4) is 5.69 Å². The van der Waals surface area contributed by atoms with E-state index in [0.717, 1.165) is 35.6 Å². The maximum atomic E-state index is 13.1. The highest BCUT2D eigenvalue weighted by atomic mass is 16.5. The van der Waals surface area contributed by atoms with E-state index < -0.39 is 0 Å². The Balaban J connectivity index is 1.47. The highest BCUT2D eigenvalue weighted by Gasteiger charge is 2.33. The molecule has 1 saturated heterocycles. The Morgan fingerprint density at radius 1 is 1.18 bits per heavy atom. The molecule has 0 bridgehead atoms. The molecule has 0 spiro atoms. The van der Waals surface area contributed by atoms with E-state index in [4.69, 9.17) is 4.52 Å². The zero-order chi connectivity index (χ0) is 19.1. The fourth-order valence-corrected chi connectivity index (χ4v) is 3.81. The first kappa shape index (κ1) is 16.7. The van der Waals surface area contributed by atoms with Crippen molar-refractivity contribution >= 4 is 17.1 Å². The molecule has 140 valence electrons. The molecule has 7 heteroatoms. The Kier molecular flexibility index (Phi) is 3.93. The van der Waals surface area contributed by atoms with Gasteiger partial charge in [0.2, 0.25) is 0 Å². The zero-order valence-electron chi connectivity index (χ0n) is 15.4. The minimum atomic E-state index is -0.0775. The van der Waals surface area contributed by atoms with Gasteiger partial charge in [-0.2, -0.15) is 0 Å². The van der Waals surface area contributed by atoms with Gasteiger partial charge in [0.05, 0.1) is 17.3 Å². The molecule has 1 aromatic carbocycles. The van der Waals surface area contributed by atoms with Crippen LogP contribution in [-0.2, 0) is 0 Å². The van der Waals surface area contributed by atoms with Crippen LogP contribution >= 0.6 is 0 Å². The maximum absolute atomic E-state index is 13.1. The summed E-state index contributed by atoms with van der Waals surface area (Å²) >= 11 is 0. The first-order valence-electron chi connectivity index (χ1n) is 9.33. The van der Waals surface area contributed by atoms with E-state index in [1.807, 2.05) is 58.9 Å². The van der Waals surface area contributed by atoms with Crippen LogP contribution in [0.15, 0.2) is 59.5 Å². The third-order valence-electron chi connectivity index (χ3n) is 5.16. The van der Waals surface area contributed by atoms with Crippen LogP contribution in [0.3, 0.4) is 0 Å². The van der Waals surface area contributed by atoms with E-state index in [1.165, 1.54) is 0 Å². The molecule has 1 aliphatic rings. The molecule has 0 radical (unpaired) electrons. The van der Waals surface area contributed by atoms with Gasteiger partial charge in [0.1, 0.15) is 11.8 Å². The van der Waals surface area contributed by atoms with Crippen molar-refractivity contribution in [1.82, 2.24) is 24.6 Å². The Labute approximate surface area is 161 Å². The SMILES string of the molecule is Cc1cc(C2CCCN2C(=O)c2cnc3c(c2)ncn3-c2ccccc2)on1. The van der Waals surface area contributed by atoms with Gasteiger partial charge in [-0.15, -0.1) is 0 Å². The number of nitrogens with zero attached hydrogens (tertiary/aromatic N) is 5. The lowest BCUT2D eigenvalue weighted by Crippen LogP contribution is -2.30. The van der Waals surface area contributed by atoms with Crippen molar-refractivity contribution in [3.05, 3.63) is 72.0 Å². The molecule has 5 rings (SSSR count). The summed E-state index contributed by atoms with van der Waals surface area (Å²) in [7, 11) is 0. The standard InChI is InChI=1S/C21H19N5O2/c1-14-10-19(28-24-14)18-8-5-9-25(18)21(27)15-11-17-20(22-12-15)26(13-23-17)16-6-3-2-4-7-16/h2-4,6-7,10-13,18H,5,8-9H2,1H3. The Bertz CT molecular complexity index is 1150. The third kappa shape index (κ3) is 2.76. The minimum Gasteiger partial charge on any atom is -0.359 e. The number of para-hydroxylation sites is 1. The predicted octanol–water partition coefficient (Wildman–Crippen LogP) is 3.69. The number of rotatable bonds is 3. The van der Waals surface area contributed by atoms with Gasteiger partial charge < -0.3 is 9.42 Å². The summed E-state index contributed by atoms with van der Waals surface area (Å²) in [6.07, 6.45) is 5.18. The molecular formula is C21H19N5O2. The number of hydrogen-bond acceptors (Lipinski definition) is 5. The molecule has 4 aromatic rings. The quantitative estimate of drug-likeness (QED) is 0.547. The lowest BCUT2D eigenvalue weighted by molar-refractivity contribution is 0.0714. The molecule has 1 unspecified atom stereocenters. The second-order valence-corrected chi connectivity index (χ2v) is 7.04. The van der Waals surface area contributed by atoms with E-state index in [1.54, 1.807) is 12.5 Å². The largest absolute Gasteiger partial charge is 0.359 e. The fraction of sp³-hybridized carbons (Fsp3) is 0.238. The molecular weight excluding hydrogens is 354 g/mol. The topological polar surface area (TPSA) is 77.0 Å². The monoisotopic (exact) mass is 373 g/mol. The zero-order valence-corrected chi connectivity index (χ0v) is 15.4. The predicted molar refractivity (Wildman–Crippen MR) is 103 cm³/mol. The number of fused-ring (bicyclic) bond motifs is 1. The first-order chi connectivity index (χ1) is 13.7. The van der Waals surface area contributed by atoms with Crippen molar-refractivity contribution in [1.29, 1.82) is 0 Å². The Morgan fingerprint density at radius 2 is 2.04 bits per heavy atom. The Hall–Kier alpha value is -3.48. The molecule has 3 aromatic heterocycles. The van der Waals surface area contributed by atoms with Crippen LogP contribution in [0.1, 0.15) is 40.7 Å². The Morgan fingerprint density at radius 3 is 2.82 bits per heavy atom. The van der Waals surface area contributed by atoms with E-state index >= 15 is 0 Å². The second kappa shape index (κ2) is 6.60. The van der Waals surface area contributed by atoms with Gasteiger partial charge >= 0.3 is 0 Å². The number of aryl methyl sites for hydroxylation is 1. The minimum absolute atomic E-state index is 0.0554. The normalized spacial score (nSPS) is 16.8. The molecule has 1 fully saturated rings. The lowest BCUT2D eigenvalue weighted by atomic mass is 10.1. The lowest BCUT2D eigenvalue weighted by Gasteiger charge is -2.22. The number of likely N-dealkylation sites (tertiary alicyclic amines) is 1. The van der Waals surface area contributed by atoms with Crippen LogP contribution in [0, 0.1) is 6.92 Å². The molecule has 1 aliphatic heterocycles. The van der Waals surface area contributed by atoms with Crippen molar-refractivity contribution in [2.75, 3.05) is 6.54 Å². The number of amides is 1. The third-order valence-corrected chi connectivity index (χ3v) is 5.16. The number of benzene rings is 1. The van der Waals surface area contributed by atoms with Gasteiger partial charge in [0.15, 0.2) is 11.4 Å². The van der Waals surface area contributed by atoms with Crippen LogP contribution in [0.5, 0.6) is 0 Å². The molecule has 1 amide bonds. The summed E-state index contributed by atoms with van der Waals surface area (Å²) in [4.78, 5) is 24.0. The number of pyridine rings is 1. The molecule has 7 nitrogen and oxygen atoms in total. The van der Waals surface area contributed by atoms with Crippen molar-refractivity contribution < 1.29 is 9.32 Å². The van der Waals surface area contributed by atoms with Gasteiger partial charge in [-0.1, -0.05) is 23.4 Å².